The second kappa shape index (κ2) is 8.73. The fraction of sp³-hybridized carbons (Fsp3) is 0.318. The number of rotatable bonds is 6. The average molecular weight is 424 g/mol. The summed E-state index contributed by atoms with van der Waals surface area (Å²) in [5.74, 6) is -0.716. The van der Waals surface area contributed by atoms with Crippen LogP contribution in [0.2, 0.25) is 0 Å². The molecule has 162 valence electrons. The standard InChI is InChI=1S/C22H25FN6O2/c1-31-18-10-13(9-12-5-4-8-26-19(12)18)27-21-14(20(25)30)11-15(23)22(29-21)28-17-7-3-2-6-16(17)24/h4-5,8-11,16-17H,2-3,6-7,24H2,1H3,(H2,25,30)(H2,27,28,29)/t16-,17+/m0/s1. The van der Waals surface area contributed by atoms with Crippen LogP contribution in [0.1, 0.15) is 36.0 Å². The molecule has 1 fully saturated rings. The van der Waals surface area contributed by atoms with Crippen LogP contribution in [0.25, 0.3) is 10.9 Å². The molecule has 4 rings (SSSR count). The first-order chi connectivity index (χ1) is 15.0. The van der Waals surface area contributed by atoms with E-state index in [1.54, 1.807) is 19.4 Å². The molecule has 1 aliphatic rings. The third-order valence-electron chi connectivity index (χ3n) is 5.54. The summed E-state index contributed by atoms with van der Waals surface area (Å²) in [5.41, 5.74) is 12.9. The summed E-state index contributed by atoms with van der Waals surface area (Å²) in [6.07, 6.45) is 5.45. The summed E-state index contributed by atoms with van der Waals surface area (Å²) >= 11 is 0. The molecule has 1 saturated carbocycles. The van der Waals surface area contributed by atoms with E-state index in [1.807, 2.05) is 18.2 Å². The number of amides is 1. The Morgan fingerprint density at radius 1 is 1.23 bits per heavy atom. The summed E-state index contributed by atoms with van der Waals surface area (Å²) in [6, 6.07) is 8.19. The van der Waals surface area contributed by atoms with Crippen LogP contribution in [0.3, 0.4) is 0 Å². The van der Waals surface area contributed by atoms with Gasteiger partial charge in [0.2, 0.25) is 0 Å². The van der Waals surface area contributed by atoms with Gasteiger partial charge in [-0.15, -0.1) is 0 Å². The van der Waals surface area contributed by atoms with E-state index in [-0.39, 0.29) is 29.3 Å². The van der Waals surface area contributed by atoms with Crippen molar-refractivity contribution >= 4 is 34.1 Å². The number of carbonyl (C=O) groups is 1. The second-order valence-corrected chi connectivity index (χ2v) is 7.66. The zero-order chi connectivity index (χ0) is 22.0. The van der Waals surface area contributed by atoms with Gasteiger partial charge >= 0.3 is 0 Å². The molecule has 2 heterocycles. The van der Waals surface area contributed by atoms with E-state index in [4.69, 9.17) is 16.2 Å². The molecule has 8 nitrogen and oxygen atoms in total. The van der Waals surface area contributed by atoms with Crippen LogP contribution in [0.15, 0.2) is 36.5 Å². The SMILES string of the molecule is COc1cc(Nc2nc(N[C@@H]3CCCC[C@@H]3N)c(F)cc2C(N)=O)cc2cccnc12. The lowest BCUT2D eigenvalue weighted by Gasteiger charge is -2.30. The van der Waals surface area contributed by atoms with E-state index >= 15 is 0 Å². The van der Waals surface area contributed by atoms with Crippen LogP contribution in [0, 0.1) is 5.82 Å². The van der Waals surface area contributed by atoms with Crippen molar-refractivity contribution in [2.75, 3.05) is 17.7 Å². The van der Waals surface area contributed by atoms with Gasteiger partial charge in [-0.25, -0.2) is 9.37 Å². The number of fused-ring (bicyclic) bond motifs is 1. The van der Waals surface area contributed by atoms with Crippen molar-refractivity contribution in [1.82, 2.24) is 9.97 Å². The van der Waals surface area contributed by atoms with E-state index < -0.39 is 11.7 Å². The van der Waals surface area contributed by atoms with Crippen molar-refractivity contribution < 1.29 is 13.9 Å². The highest BCUT2D eigenvalue weighted by molar-refractivity contribution is 5.99. The molecule has 1 aliphatic carbocycles. The summed E-state index contributed by atoms with van der Waals surface area (Å²) in [4.78, 5) is 20.6. The smallest absolute Gasteiger partial charge is 0.252 e. The first kappa shape index (κ1) is 20.8. The number of nitrogens with two attached hydrogens (primary N) is 2. The largest absolute Gasteiger partial charge is 0.494 e. The number of nitrogens with zero attached hydrogens (tertiary/aromatic N) is 2. The predicted molar refractivity (Wildman–Crippen MR) is 118 cm³/mol. The molecule has 9 heteroatoms. The second-order valence-electron chi connectivity index (χ2n) is 7.66. The Morgan fingerprint density at radius 3 is 2.77 bits per heavy atom. The van der Waals surface area contributed by atoms with Crippen molar-refractivity contribution in [1.29, 1.82) is 0 Å². The van der Waals surface area contributed by atoms with E-state index in [0.717, 1.165) is 37.1 Å². The number of aromatic nitrogens is 2. The summed E-state index contributed by atoms with van der Waals surface area (Å²) in [5, 5.41) is 7.02. The Labute approximate surface area is 179 Å². The first-order valence-corrected chi connectivity index (χ1v) is 10.2. The van der Waals surface area contributed by atoms with Gasteiger partial charge in [-0.05, 0) is 31.0 Å². The number of nitrogens with one attached hydrogen (secondary N) is 2. The molecule has 0 radical (unpaired) electrons. The number of halogens is 1. The summed E-state index contributed by atoms with van der Waals surface area (Å²) < 4.78 is 20.1. The predicted octanol–water partition coefficient (Wildman–Crippen LogP) is 3.30. The van der Waals surface area contributed by atoms with Gasteiger partial charge in [0.25, 0.3) is 5.91 Å². The van der Waals surface area contributed by atoms with E-state index in [2.05, 4.69) is 20.6 Å². The third kappa shape index (κ3) is 4.36. The number of benzene rings is 1. The maximum absolute atomic E-state index is 14.7. The van der Waals surface area contributed by atoms with Crippen molar-refractivity contribution in [2.45, 2.75) is 37.8 Å². The van der Waals surface area contributed by atoms with Gasteiger partial charge in [0.05, 0.1) is 12.7 Å². The Morgan fingerprint density at radius 2 is 2.03 bits per heavy atom. The van der Waals surface area contributed by atoms with Crippen molar-refractivity contribution in [3.05, 3.63) is 47.9 Å². The molecule has 1 amide bonds. The number of ether oxygens (including phenoxy) is 1. The van der Waals surface area contributed by atoms with Gasteiger partial charge in [-0.1, -0.05) is 18.9 Å². The minimum Gasteiger partial charge on any atom is -0.494 e. The van der Waals surface area contributed by atoms with Crippen LogP contribution in [0.4, 0.5) is 21.7 Å². The van der Waals surface area contributed by atoms with Gasteiger partial charge in [0, 0.05) is 35.4 Å². The maximum Gasteiger partial charge on any atom is 0.252 e. The molecule has 0 aliphatic heterocycles. The van der Waals surface area contributed by atoms with E-state index in [1.165, 1.54) is 0 Å². The molecule has 2 aromatic heterocycles. The molecule has 0 saturated heterocycles. The molecule has 31 heavy (non-hydrogen) atoms. The van der Waals surface area contributed by atoms with Crippen LogP contribution in [-0.2, 0) is 0 Å². The van der Waals surface area contributed by atoms with E-state index in [0.29, 0.717) is 17.0 Å². The average Bonchev–Trinajstić information content (AvgIpc) is 2.76. The third-order valence-corrected chi connectivity index (χ3v) is 5.54. The maximum atomic E-state index is 14.7. The van der Waals surface area contributed by atoms with Crippen LogP contribution < -0.4 is 26.8 Å². The van der Waals surface area contributed by atoms with Gasteiger partial charge in [0.15, 0.2) is 11.6 Å². The zero-order valence-corrected chi connectivity index (χ0v) is 17.2. The Bertz CT molecular complexity index is 1120. The van der Waals surface area contributed by atoms with Gasteiger partial charge < -0.3 is 26.8 Å². The van der Waals surface area contributed by atoms with Gasteiger partial charge in [0.1, 0.15) is 17.1 Å². The topological polar surface area (TPSA) is 128 Å². The minimum absolute atomic E-state index is 0.0317. The van der Waals surface area contributed by atoms with Crippen molar-refractivity contribution in [3.8, 4) is 5.75 Å². The van der Waals surface area contributed by atoms with Crippen LogP contribution >= 0.6 is 0 Å². The summed E-state index contributed by atoms with van der Waals surface area (Å²) in [6.45, 7) is 0. The van der Waals surface area contributed by atoms with Crippen LogP contribution in [0.5, 0.6) is 5.75 Å². The minimum atomic E-state index is -0.788. The van der Waals surface area contributed by atoms with Gasteiger partial charge in [-0.3, -0.25) is 9.78 Å². The van der Waals surface area contributed by atoms with E-state index in [9.17, 15) is 9.18 Å². The fourth-order valence-corrected chi connectivity index (χ4v) is 3.91. The molecule has 0 unspecified atom stereocenters. The molecule has 1 aromatic carbocycles. The quantitative estimate of drug-likeness (QED) is 0.478. The number of primary amides is 1. The number of anilines is 3. The molecule has 0 spiro atoms. The fourth-order valence-electron chi connectivity index (χ4n) is 3.91. The summed E-state index contributed by atoms with van der Waals surface area (Å²) in [7, 11) is 1.55. The molecule has 2 atom stereocenters. The number of pyridine rings is 2. The highest BCUT2D eigenvalue weighted by Crippen LogP contribution is 2.31. The molecule has 6 N–H and O–H groups in total. The van der Waals surface area contributed by atoms with Gasteiger partial charge in [-0.2, -0.15) is 0 Å². The Balaban J connectivity index is 1.71. The molecule has 3 aromatic rings. The normalized spacial score (nSPS) is 18.5. The monoisotopic (exact) mass is 424 g/mol. The number of carbonyl (C=O) groups excluding carboxylic acids is 1. The molecular weight excluding hydrogens is 399 g/mol. The van der Waals surface area contributed by atoms with Crippen molar-refractivity contribution in [2.24, 2.45) is 11.5 Å². The zero-order valence-electron chi connectivity index (χ0n) is 17.2. The lowest BCUT2D eigenvalue weighted by Crippen LogP contribution is -2.43. The number of methoxy groups -OCH3 is 1. The van der Waals surface area contributed by atoms with Crippen LogP contribution in [-0.4, -0.2) is 35.1 Å². The lowest BCUT2D eigenvalue weighted by atomic mass is 9.91. The van der Waals surface area contributed by atoms with Crippen molar-refractivity contribution in [3.63, 3.8) is 0 Å². The Kier molecular flexibility index (Phi) is 5.85. The number of hydrogen-bond acceptors (Lipinski definition) is 7. The first-order valence-electron chi connectivity index (χ1n) is 10.2. The highest BCUT2D eigenvalue weighted by atomic mass is 19.1. The lowest BCUT2D eigenvalue weighted by molar-refractivity contribution is 0.100. The molecule has 0 bridgehead atoms. The Hall–Kier alpha value is -3.46. The molecular formula is C22H25FN6O2. The number of hydrogen-bond donors (Lipinski definition) is 4. The highest BCUT2D eigenvalue weighted by Gasteiger charge is 2.24.